The van der Waals surface area contributed by atoms with E-state index in [4.69, 9.17) is 4.74 Å². The number of anilines is 5. The summed E-state index contributed by atoms with van der Waals surface area (Å²) >= 11 is 0. The Morgan fingerprint density at radius 2 is 1.61 bits per heavy atom. The molecular weight excluding hydrogens is 356 g/mol. The molecule has 0 aliphatic heterocycles. The van der Waals surface area contributed by atoms with Crippen LogP contribution in [0.4, 0.5) is 28.8 Å². The molecule has 0 atom stereocenters. The normalized spacial score (nSPS) is 10.4. The fraction of sp³-hybridized carbons (Fsp3) is 0.200. The van der Waals surface area contributed by atoms with Gasteiger partial charge in [-0.15, -0.1) is 0 Å². The lowest BCUT2D eigenvalue weighted by Crippen LogP contribution is -2.16. The molecule has 3 aromatic rings. The van der Waals surface area contributed by atoms with E-state index in [9.17, 15) is 4.79 Å². The van der Waals surface area contributed by atoms with Crippen molar-refractivity contribution < 1.29 is 9.53 Å². The van der Waals surface area contributed by atoms with Crippen LogP contribution in [0.3, 0.4) is 0 Å². The molecule has 0 saturated heterocycles. The van der Waals surface area contributed by atoms with E-state index in [0.717, 1.165) is 17.1 Å². The van der Waals surface area contributed by atoms with E-state index in [-0.39, 0.29) is 12.5 Å². The minimum absolute atomic E-state index is 0.0196. The van der Waals surface area contributed by atoms with Gasteiger partial charge in [0.2, 0.25) is 5.91 Å². The highest BCUT2D eigenvalue weighted by Gasteiger charge is 2.05. The molecule has 0 unspecified atom stereocenters. The molecule has 1 amide bonds. The van der Waals surface area contributed by atoms with E-state index in [0.29, 0.717) is 23.1 Å². The summed E-state index contributed by atoms with van der Waals surface area (Å²) in [6.07, 6.45) is 1.75. The number of rotatable bonds is 7. The van der Waals surface area contributed by atoms with Gasteiger partial charge in [-0.3, -0.25) is 4.79 Å². The van der Waals surface area contributed by atoms with Crippen LogP contribution in [0.1, 0.15) is 11.4 Å². The summed E-state index contributed by atoms with van der Waals surface area (Å²) < 4.78 is 4.80. The summed E-state index contributed by atoms with van der Waals surface area (Å²) in [5.74, 6) is 2.45. The first-order valence-electron chi connectivity index (χ1n) is 8.73. The molecule has 0 bridgehead atoms. The molecule has 2 heterocycles. The predicted octanol–water partition coefficient (Wildman–Crippen LogP) is 3.56. The fourth-order valence-electron chi connectivity index (χ4n) is 2.54. The number of aromatic nitrogens is 3. The van der Waals surface area contributed by atoms with E-state index in [1.165, 1.54) is 7.11 Å². The molecule has 8 nitrogen and oxygen atoms in total. The summed E-state index contributed by atoms with van der Waals surface area (Å²) in [7, 11) is 1.48. The molecule has 28 heavy (non-hydrogen) atoms. The van der Waals surface area contributed by atoms with Crippen LogP contribution >= 0.6 is 0 Å². The first-order chi connectivity index (χ1) is 13.5. The summed E-state index contributed by atoms with van der Waals surface area (Å²) in [6.45, 7) is 3.85. The molecule has 8 heteroatoms. The number of benzene rings is 1. The average molecular weight is 378 g/mol. The Bertz CT molecular complexity index is 959. The van der Waals surface area contributed by atoms with Gasteiger partial charge >= 0.3 is 0 Å². The molecule has 0 aliphatic rings. The highest BCUT2D eigenvalue weighted by atomic mass is 16.5. The molecule has 0 fully saturated rings. The van der Waals surface area contributed by atoms with Crippen LogP contribution in [-0.4, -0.2) is 34.6 Å². The molecular formula is C20H22N6O2. The number of carbonyl (C=O) groups excluding carboxylic acids is 1. The van der Waals surface area contributed by atoms with Crippen LogP contribution in [-0.2, 0) is 9.53 Å². The van der Waals surface area contributed by atoms with E-state index in [2.05, 4.69) is 30.9 Å². The van der Waals surface area contributed by atoms with Crippen molar-refractivity contribution in [3.8, 4) is 0 Å². The van der Waals surface area contributed by atoms with Crippen molar-refractivity contribution in [2.45, 2.75) is 13.8 Å². The van der Waals surface area contributed by atoms with Crippen LogP contribution < -0.4 is 16.0 Å². The SMILES string of the molecule is COCC(=O)Nc1ccc(Nc2cc(Nc3cc(C)ccn3)nc(C)n2)cc1. The van der Waals surface area contributed by atoms with Crippen molar-refractivity contribution >= 4 is 34.7 Å². The number of hydrogen-bond donors (Lipinski definition) is 3. The Morgan fingerprint density at radius 3 is 2.29 bits per heavy atom. The van der Waals surface area contributed by atoms with Crippen molar-refractivity contribution in [2.75, 3.05) is 29.7 Å². The number of aryl methyl sites for hydroxylation is 2. The predicted molar refractivity (Wildman–Crippen MR) is 109 cm³/mol. The summed E-state index contributed by atoms with van der Waals surface area (Å²) in [5.41, 5.74) is 2.64. The lowest BCUT2D eigenvalue weighted by atomic mass is 10.2. The quantitative estimate of drug-likeness (QED) is 0.578. The van der Waals surface area contributed by atoms with Crippen LogP contribution in [0.5, 0.6) is 0 Å². The lowest BCUT2D eigenvalue weighted by molar-refractivity contribution is -0.119. The van der Waals surface area contributed by atoms with Crippen molar-refractivity contribution in [3.63, 3.8) is 0 Å². The number of pyridine rings is 1. The van der Waals surface area contributed by atoms with Crippen molar-refractivity contribution in [1.82, 2.24) is 15.0 Å². The van der Waals surface area contributed by atoms with Gasteiger partial charge in [0.1, 0.15) is 29.9 Å². The topological polar surface area (TPSA) is 101 Å². The Labute approximate surface area is 163 Å². The molecule has 0 aliphatic carbocycles. The molecule has 0 radical (unpaired) electrons. The maximum Gasteiger partial charge on any atom is 0.250 e. The summed E-state index contributed by atoms with van der Waals surface area (Å²) in [6, 6.07) is 13.0. The lowest BCUT2D eigenvalue weighted by Gasteiger charge is -2.11. The average Bonchev–Trinajstić information content (AvgIpc) is 2.63. The van der Waals surface area contributed by atoms with Crippen LogP contribution in [0.25, 0.3) is 0 Å². The van der Waals surface area contributed by atoms with E-state index < -0.39 is 0 Å². The maximum absolute atomic E-state index is 11.6. The van der Waals surface area contributed by atoms with E-state index in [1.807, 2.05) is 44.2 Å². The second-order valence-electron chi connectivity index (χ2n) is 6.21. The summed E-state index contributed by atoms with van der Waals surface area (Å²) in [5, 5.41) is 9.18. The zero-order chi connectivity index (χ0) is 19.9. The van der Waals surface area contributed by atoms with Gasteiger partial charge in [-0.05, 0) is 55.8 Å². The highest BCUT2D eigenvalue weighted by Crippen LogP contribution is 2.21. The van der Waals surface area contributed by atoms with Gasteiger partial charge in [-0.2, -0.15) is 0 Å². The van der Waals surface area contributed by atoms with Gasteiger partial charge in [0.05, 0.1) is 0 Å². The Hall–Kier alpha value is -3.52. The van der Waals surface area contributed by atoms with Crippen LogP contribution in [0, 0.1) is 13.8 Å². The van der Waals surface area contributed by atoms with Gasteiger partial charge < -0.3 is 20.7 Å². The fourth-order valence-corrected chi connectivity index (χ4v) is 2.54. The van der Waals surface area contributed by atoms with Gasteiger partial charge in [-0.1, -0.05) is 0 Å². The maximum atomic E-state index is 11.6. The molecule has 144 valence electrons. The second-order valence-corrected chi connectivity index (χ2v) is 6.21. The highest BCUT2D eigenvalue weighted by molar-refractivity contribution is 5.91. The first kappa shape index (κ1) is 19.2. The second kappa shape index (κ2) is 8.92. The van der Waals surface area contributed by atoms with Gasteiger partial charge in [0.25, 0.3) is 0 Å². The molecule has 0 spiro atoms. The number of amides is 1. The summed E-state index contributed by atoms with van der Waals surface area (Å²) in [4.78, 5) is 24.7. The minimum atomic E-state index is -0.199. The third-order valence-corrected chi connectivity index (χ3v) is 3.73. The standard InChI is InChI=1S/C20H22N6O2/c1-13-8-9-21-17(10-13)26-19-11-18(22-14(2)23-19)24-15-4-6-16(7-5-15)25-20(27)12-28-3/h4-11H,12H2,1-3H3,(H,25,27)(H2,21,22,23,24,26). The van der Waals surface area contributed by atoms with Gasteiger partial charge in [0, 0.05) is 30.7 Å². The molecule has 2 aromatic heterocycles. The Balaban J connectivity index is 1.70. The Morgan fingerprint density at radius 1 is 0.929 bits per heavy atom. The Kier molecular flexibility index (Phi) is 6.13. The van der Waals surface area contributed by atoms with E-state index >= 15 is 0 Å². The largest absolute Gasteiger partial charge is 0.375 e. The number of nitrogens with one attached hydrogen (secondary N) is 3. The zero-order valence-corrected chi connectivity index (χ0v) is 16.0. The number of carbonyl (C=O) groups is 1. The van der Waals surface area contributed by atoms with Gasteiger partial charge in [0.15, 0.2) is 0 Å². The molecule has 3 rings (SSSR count). The van der Waals surface area contributed by atoms with Crippen LogP contribution in [0.2, 0.25) is 0 Å². The third kappa shape index (κ3) is 5.49. The van der Waals surface area contributed by atoms with Crippen molar-refractivity contribution in [3.05, 3.63) is 60.0 Å². The monoisotopic (exact) mass is 378 g/mol. The van der Waals surface area contributed by atoms with Crippen LogP contribution in [0.15, 0.2) is 48.7 Å². The van der Waals surface area contributed by atoms with Crippen molar-refractivity contribution in [1.29, 1.82) is 0 Å². The molecule has 3 N–H and O–H groups in total. The third-order valence-electron chi connectivity index (χ3n) is 3.73. The minimum Gasteiger partial charge on any atom is -0.375 e. The number of methoxy groups -OCH3 is 1. The van der Waals surface area contributed by atoms with Gasteiger partial charge in [-0.25, -0.2) is 15.0 Å². The smallest absolute Gasteiger partial charge is 0.250 e. The molecule has 0 saturated carbocycles. The van der Waals surface area contributed by atoms with Crippen molar-refractivity contribution in [2.24, 2.45) is 0 Å². The van der Waals surface area contributed by atoms with E-state index in [1.54, 1.807) is 18.3 Å². The number of ether oxygens (including phenoxy) is 1. The zero-order valence-electron chi connectivity index (χ0n) is 16.0. The molecule has 1 aromatic carbocycles. The number of nitrogens with zero attached hydrogens (tertiary/aromatic N) is 3. The first-order valence-corrected chi connectivity index (χ1v) is 8.73. The number of hydrogen-bond acceptors (Lipinski definition) is 7.